The van der Waals surface area contributed by atoms with E-state index >= 15 is 0 Å². The first kappa shape index (κ1) is 21.1. The Morgan fingerprint density at radius 1 is 1.24 bits per heavy atom. The number of thiophene rings is 1. The number of hydrogen-bond acceptors (Lipinski definition) is 6. The SMILES string of the molecule is COc1ccc2c(c1)CC(C(=O)Nc1ccc(-c3cn[nH]c3)cc1OCc1cccs1)CO2. The number of fused-ring (bicyclic) bond motifs is 1. The highest BCUT2D eigenvalue weighted by atomic mass is 32.1. The lowest BCUT2D eigenvalue weighted by atomic mass is 9.95. The van der Waals surface area contributed by atoms with Gasteiger partial charge in [0.15, 0.2) is 0 Å². The van der Waals surface area contributed by atoms with Crippen LogP contribution in [0, 0.1) is 5.92 Å². The van der Waals surface area contributed by atoms with E-state index in [2.05, 4.69) is 15.5 Å². The number of benzene rings is 2. The van der Waals surface area contributed by atoms with E-state index in [-0.39, 0.29) is 11.8 Å². The number of H-pyrrole nitrogens is 1. The molecule has 0 fully saturated rings. The molecule has 4 aromatic rings. The Hall–Kier alpha value is -3.78. The number of methoxy groups -OCH3 is 1. The zero-order chi connectivity index (χ0) is 22.6. The summed E-state index contributed by atoms with van der Waals surface area (Å²) in [4.78, 5) is 14.2. The molecule has 2 N–H and O–H groups in total. The maximum Gasteiger partial charge on any atom is 0.231 e. The van der Waals surface area contributed by atoms with Crippen molar-refractivity contribution in [3.05, 3.63) is 76.7 Å². The summed E-state index contributed by atoms with van der Waals surface area (Å²) < 4.78 is 17.3. The first-order valence-electron chi connectivity index (χ1n) is 10.6. The molecule has 1 amide bonds. The highest BCUT2D eigenvalue weighted by Gasteiger charge is 2.27. The summed E-state index contributed by atoms with van der Waals surface area (Å²) in [5.74, 6) is 1.72. The standard InChI is InChI=1S/C25H23N3O4S/c1-30-20-5-7-23-17(10-20)9-18(14-31-23)25(29)28-22-6-4-16(19-12-26-27-13-19)11-24(22)32-15-21-3-2-8-33-21/h2-8,10-13,18H,9,14-15H2,1H3,(H,26,27)(H,28,29). The number of nitrogens with one attached hydrogen (secondary N) is 2. The monoisotopic (exact) mass is 461 g/mol. The van der Waals surface area contributed by atoms with E-state index in [1.54, 1.807) is 24.6 Å². The lowest BCUT2D eigenvalue weighted by Gasteiger charge is -2.25. The first-order chi connectivity index (χ1) is 16.2. The normalized spacial score (nSPS) is 14.8. The molecule has 0 saturated carbocycles. The number of ether oxygens (including phenoxy) is 3. The third kappa shape index (κ3) is 4.70. The van der Waals surface area contributed by atoms with Gasteiger partial charge in [0, 0.05) is 16.6 Å². The van der Waals surface area contributed by atoms with Crippen molar-refractivity contribution in [3.63, 3.8) is 0 Å². The third-order valence-electron chi connectivity index (χ3n) is 5.57. The van der Waals surface area contributed by atoms with E-state index in [1.165, 1.54) is 0 Å². The van der Waals surface area contributed by atoms with E-state index in [4.69, 9.17) is 14.2 Å². The molecule has 8 heteroatoms. The van der Waals surface area contributed by atoms with Crippen LogP contribution in [0.3, 0.4) is 0 Å². The van der Waals surface area contributed by atoms with Crippen LogP contribution < -0.4 is 19.5 Å². The Labute approximate surface area is 195 Å². The number of rotatable bonds is 7. The molecule has 1 aliphatic heterocycles. The molecule has 1 atom stereocenters. The van der Waals surface area contributed by atoms with Crippen LogP contribution >= 0.6 is 11.3 Å². The second kappa shape index (κ2) is 9.38. The van der Waals surface area contributed by atoms with E-state index in [0.717, 1.165) is 33.1 Å². The van der Waals surface area contributed by atoms with Crippen LogP contribution in [0.15, 0.2) is 66.3 Å². The van der Waals surface area contributed by atoms with E-state index in [1.807, 2.05) is 60.1 Å². The van der Waals surface area contributed by atoms with Crippen molar-refractivity contribution in [1.29, 1.82) is 0 Å². The van der Waals surface area contributed by atoms with Gasteiger partial charge in [0.25, 0.3) is 0 Å². The number of hydrogen-bond donors (Lipinski definition) is 2. The summed E-state index contributed by atoms with van der Waals surface area (Å²) in [6.45, 7) is 0.749. The van der Waals surface area contributed by atoms with E-state index in [9.17, 15) is 4.79 Å². The molecular weight excluding hydrogens is 438 g/mol. The molecule has 1 aliphatic rings. The highest BCUT2D eigenvalue weighted by Crippen LogP contribution is 2.34. The number of anilines is 1. The topological polar surface area (TPSA) is 85.5 Å². The van der Waals surface area contributed by atoms with Crippen LogP contribution in [0.5, 0.6) is 17.2 Å². The molecule has 7 nitrogen and oxygen atoms in total. The Bertz CT molecular complexity index is 1240. The molecule has 3 heterocycles. The van der Waals surface area contributed by atoms with Gasteiger partial charge in [-0.3, -0.25) is 9.89 Å². The zero-order valence-corrected chi connectivity index (χ0v) is 18.9. The second-order valence-electron chi connectivity index (χ2n) is 7.74. The Kier molecular flexibility index (Phi) is 5.99. The number of aromatic nitrogens is 2. The minimum atomic E-state index is -0.316. The zero-order valence-electron chi connectivity index (χ0n) is 18.0. The van der Waals surface area contributed by atoms with Gasteiger partial charge in [-0.1, -0.05) is 12.1 Å². The van der Waals surface area contributed by atoms with Crippen molar-refractivity contribution in [2.45, 2.75) is 13.0 Å². The van der Waals surface area contributed by atoms with Crippen LogP contribution in [0.2, 0.25) is 0 Å². The van der Waals surface area contributed by atoms with Crippen LogP contribution in [0.25, 0.3) is 11.1 Å². The van der Waals surface area contributed by atoms with Crippen molar-refractivity contribution in [2.75, 3.05) is 19.0 Å². The fourth-order valence-corrected chi connectivity index (χ4v) is 4.39. The molecule has 0 spiro atoms. The van der Waals surface area contributed by atoms with Gasteiger partial charge in [-0.15, -0.1) is 11.3 Å². The van der Waals surface area contributed by atoms with Crippen molar-refractivity contribution >= 4 is 22.9 Å². The molecule has 0 bridgehead atoms. The summed E-state index contributed by atoms with van der Waals surface area (Å²) in [7, 11) is 1.63. The Morgan fingerprint density at radius 3 is 2.97 bits per heavy atom. The molecule has 2 aromatic carbocycles. The predicted octanol–water partition coefficient (Wildman–Crippen LogP) is 4.92. The summed E-state index contributed by atoms with van der Waals surface area (Å²) in [5.41, 5.74) is 3.48. The average Bonchev–Trinajstić information content (AvgIpc) is 3.57. The second-order valence-corrected chi connectivity index (χ2v) is 8.77. The lowest BCUT2D eigenvalue weighted by Crippen LogP contribution is -2.32. The van der Waals surface area contributed by atoms with Gasteiger partial charge in [-0.25, -0.2) is 0 Å². The molecule has 33 heavy (non-hydrogen) atoms. The van der Waals surface area contributed by atoms with Gasteiger partial charge in [-0.05, 0) is 59.3 Å². The molecule has 2 aromatic heterocycles. The third-order valence-corrected chi connectivity index (χ3v) is 6.42. The fourth-order valence-electron chi connectivity index (χ4n) is 3.78. The molecule has 5 rings (SSSR count). The average molecular weight is 462 g/mol. The minimum absolute atomic E-state index is 0.111. The lowest BCUT2D eigenvalue weighted by molar-refractivity contribution is -0.121. The van der Waals surface area contributed by atoms with Crippen molar-refractivity contribution in [1.82, 2.24) is 10.2 Å². The van der Waals surface area contributed by atoms with Gasteiger partial charge in [0.05, 0.1) is 24.9 Å². The minimum Gasteiger partial charge on any atom is -0.497 e. The van der Waals surface area contributed by atoms with Crippen molar-refractivity contribution in [3.8, 4) is 28.4 Å². The maximum absolute atomic E-state index is 13.1. The van der Waals surface area contributed by atoms with Crippen LogP contribution in [-0.4, -0.2) is 29.8 Å². The smallest absolute Gasteiger partial charge is 0.231 e. The van der Waals surface area contributed by atoms with Crippen LogP contribution in [0.4, 0.5) is 5.69 Å². The molecule has 0 aliphatic carbocycles. The molecule has 168 valence electrons. The number of carbonyl (C=O) groups is 1. The Balaban J connectivity index is 1.35. The number of carbonyl (C=O) groups excluding carboxylic acids is 1. The summed E-state index contributed by atoms with van der Waals surface area (Å²) in [6, 6.07) is 15.4. The molecule has 1 unspecified atom stereocenters. The van der Waals surface area contributed by atoms with Gasteiger partial charge >= 0.3 is 0 Å². The van der Waals surface area contributed by atoms with Gasteiger partial charge in [0.2, 0.25) is 5.91 Å². The van der Waals surface area contributed by atoms with Gasteiger partial charge in [-0.2, -0.15) is 5.10 Å². The first-order valence-corrected chi connectivity index (χ1v) is 11.5. The van der Waals surface area contributed by atoms with Crippen LogP contribution in [-0.2, 0) is 17.8 Å². The maximum atomic E-state index is 13.1. The number of aromatic amines is 1. The number of nitrogens with zero attached hydrogens (tertiary/aromatic N) is 1. The largest absolute Gasteiger partial charge is 0.497 e. The fraction of sp³-hybridized carbons (Fsp3) is 0.200. The van der Waals surface area contributed by atoms with Gasteiger partial charge in [0.1, 0.15) is 30.5 Å². The predicted molar refractivity (Wildman–Crippen MR) is 127 cm³/mol. The van der Waals surface area contributed by atoms with E-state index < -0.39 is 0 Å². The summed E-state index contributed by atoms with van der Waals surface area (Å²) in [6.07, 6.45) is 4.15. The molecule has 0 saturated heterocycles. The van der Waals surface area contributed by atoms with Crippen molar-refractivity contribution < 1.29 is 19.0 Å². The van der Waals surface area contributed by atoms with Gasteiger partial charge < -0.3 is 19.5 Å². The summed E-state index contributed by atoms with van der Waals surface area (Å²) >= 11 is 1.63. The number of amides is 1. The molecular formula is C25H23N3O4S. The Morgan fingerprint density at radius 2 is 2.18 bits per heavy atom. The summed E-state index contributed by atoms with van der Waals surface area (Å²) in [5, 5.41) is 11.9. The quantitative estimate of drug-likeness (QED) is 0.408. The van der Waals surface area contributed by atoms with Crippen LogP contribution in [0.1, 0.15) is 10.4 Å². The highest BCUT2D eigenvalue weighted by molar-refractivity contribution is 7.09. The molecule has 0 radical (unpaired) electrons. The van der Waals surface area contributed by atoms with E-state index in [0.29, 0.717) is 31.1 Å². The van der Waals surface area contributed by atoms with Crippen molar-refractivity contribution in [2.24, 2.45) is 5.92 Å².